The van der Waals surface area contributed by atoms with Crippen LogP contribution < -0.4 is 16.0 Å². The highest BCUT2D eigenvalue weighted by molar-refractivity contribution is 5.94. The van der Waals surface area contributed by atoms with Gasteiger partial charge in [0, 0.05) is 18.2 Å². The topological polar surface area (TPSA) is 79.5 Å². The summed E-state index contributed by atoms with van der Waals surface area (Å²) in [5.74, 6) is 0.234. The van der Waals surface area contributed by atoms with Gasteiger partial charge in [0.25, 0.3) is 0 Å². The Balaban J connectivity index is 0.00000225. The van der Waals surface area contributed by atoms with E-state index in [-0.39, 0.29) is 48.3 Å². The number of anilines is 1. The van der Waals surface area contributed by atoms with Gasteiger partial charge < -0.3 is 20.7 Å². The van der Waals surface area contributed by atoms with E-state index < -0.39 is 0 Å². The summed E-state index contributed by atoms with van der Waals surface area (Å²) >= 11 is 0. The van der Waals surface area contributed by atoms with Crippen molar-refractivity contribution in [3.8, 4) is 0 Å². The molecule has 1 aromatic rings. The molecule has 1 aliphatic carbocycles. The predicted molar refractivity (Wildman–Crippen MR) is 98.8 cm³/mol. The van der Waals surface area contributed by atoms with Crippen LogP contribution in [0.1, 0.15) is 38.3 Å². The number of carbonyl (C=O) groups excluding carboxylic acids is 2. The minimum Gasteiger partial charge on any atom is -0.375 e. The van der Waals surface area contributed by atoms with Crippen molar-refractivity contribution in [1.29, 1.82) is 0 Å². The zero-order valence-electron chi connectivity index (χ0n) is 14.6. The van der Waals surface area contributed by atoms with Gasteiger partial charge in [-0.2, -0.15) is 0 Å². The Labute approximate surface area is 154 Å². The quantitative estimate of drug-likeness (QED) is 0.743. The molecule has 0 bridgehead atoms. The van der Waals surface area contributed by atoms with Crippen molar-refractivity contribution in [3.05, 3.63) is 29.8 Å². The highest BCUT2D eigenvalue weighted by Crippen LogP contribution is 2.30. The molecule has 0 aromatic heterocycles. The number of rotatable bonds is 5. The molecule has 3 atom stereocenters. The van der Waals surface area contributed by atoms with E-state index in [9.17, 15) is 9.59 Å². The van der Waals surface area contributed by atoms with Gasteiger partial charge >= 0.3 is 0 Å². The number of morpholine rings is 1. The van der Waals surface area contributed by atoms with Crippen molar-refractivity contribution in [1.82, 2.24) is 10.6 Å². The molecule has 1 unspecified atom stereocenters. The summed E-state index contributed by atoms with van der Waals surface area (Å²) in [4.78, 5) is 24.1. The molecule has 25 heavy (non-hydrogen) atoms. The second-order valence-corrected chi connectivity index (χ2v) is 6.62. The Kier molecular flexibility index (Phi) is 6.81. The summed E-state index contributed by atoms with van der Waals surface area (Å²) in [7, 11) is 0. The van der Waals surface area contributed by atoms with E-state index in [1.54, 1.807) is 0 Å². The van der Waals surface area contributed by atoms with Gasteiger partial charge in [0.05, 0.1) is 18.8 Å². The largest absolute Gasteiger partial charge is 0.375 e. The van der Waals surface area contributed by atoms with Gasteiger partial charge in [-0.3, -0.25) is 9.59 Å². The van der Waals surface area contributed by atoms with E-state index in [2.05, 4.69) is 16.0 Å². The Morgan fingerprint density at radius 3 is 2.48 bits per heavy atom. The summed E-state index contributed by atoms with van der Waals surface area (Å²) in [6.07, 6.45) is 1.85. The summed E-state index contributed by atoms with van der Waals surface area (Å²) in [6, 6.07) is 7.19. The Morgan fingerprint density at radius 1 is 1.20 bits per heavy atom. The second kappa shape index (κ2) is 8.65. The lowest BCUT2D eigenvalue weighted by atomic mass is 10.1. The number of halogens is 1. The zero-order valence-corrected chi connectivity index (χ0v) is 15.4. The Bertz CT molecular complexity index is 604. The minimum absolute atomic E-state index is 0. The second-order valence-electron chi connectivity index (χ2n) is 6.62. The number of ether oxygens (including phenoxy) is 1. The zero-order chi connectivity index (χ0) is 17.1. The molecule has 2 amide bonds. The van der Waals surface area contributed by atoms with Crippen molar-refractivity contribution < 1.29 is 14.3 Å². The lowest BCUT2D eigenvalue weighted by Gasteiger charge is -2.30. The Hall–Kier alpha value is -1.63. The molecule has 1 heterocycles. The van der Waals surface area contributed by atoms with Crippen LogP contribution in [0.15, 0.2) is 24.3 Å². The summed E-state index contributed by atoms with van der Waals surface area (Å²) in [5.41, 5.74) is 1.79. The van der Waals surface area contributed by atoms with Crippen LogP contribution in [0.4, 0.5) is 5.69 Å². The Morgan fingerprint density at radius 2 is 1.88 bits per heavy atom. The summed E-state index contributed by atoms with van der Waals surface area (Å²) in [5, 5.41) is 9.12. The first kappa shape index (κ1) is 19.7. The molecule has 1 aromatic carbocycles. The number of hydrogen-bond donors (Lipinski definition) is 3. The molecular weight excluding hydrogens is 342 g/mol. The van der Waals surface area contributed by atoms with Gasteiger partial charge in [0.2, 0.25) is 11.8 Å². The fourth-order valence-electron chi connectivity index (χ4n) is 2.86. The number of hydrogen-bond acceptors (Lipinski definition) is 4. The third-order valence-electron chi connectivity index (χ3n) is 4.58. The standard InChI is InChI=1S/C18H25N3O3.ClH/c1-11(20-18(23)16-12(2)24-10-9-19-16)13-5-7-15(8-6-13)21-17(22)14-3-4-14;/h5-8,11-12,14,16,19H,3-4,9-10H2,1-2H3,(H,20,23)(H,21,22);1H/t11?,12-,16+;/m1./s1. The lowest BCUT2D eigenvalue weighted by molar-refractivity contribution is -0.129. The molecule has 0 radical (unpaired) electrons. The molecule has 0 spiro atoms. The molecule has 2 aliphatic rings. The SMILES string of the molecule is CC(NC(=O)[C@H]1NCCO[C@@H]1C)c1ccc(NC(=O)C2CC2)cc1.Cl. The van der Waals surface area contributed by atoms with E-state index in [0.717, 1.165) is 24.1 Å². The molecule has 1 saturated heterocycles. The number of carbonyl (C=O) groups is 2. The number of nitrogens with one attached hydrogen (secondary N) is 3. The van der Waals surface area contributed by atoms with E-state index in [1.807, 2.05) is 38.1 Å². The number of benzene rings is 1. The monoisotopic (exact) mass is 367 g/mol. The smallest absolute Gasteiger partial charge is 0.240 e. The molecule has 1 saturated carbocycles. The van der Waals surface area contributed by atoms with Crippen LogP contribution in [-0.4, -0.2) is 37.1 Å². The first-order chi connectivity index (χ1) is 11.5. The van der Waals surface area contributed by atoms with Crippen LogP contribution in [-0.2, 0) is 14.3 Å². The summed E-state index contributed by atoms with van der Waals surface area (Å²) < 4.78 is 5.51. The highest BCUT2D eigenvalue weighted by atomic mass is 35.5. The molecule has 138 valence electrons. The van der Waals surface area contributed by atoms with E-state index in [0.29, 0.717) is 13.2 Å². The fourth-order valence-corrected chi connectivity index (χ4v) is 2.86. The van der Waals surface area contributed by atoms with Gasteiger partial charge in [-0.1, -0.05) is 12.1 Å². The van der Waals surface area contributed by atoms with E-state index in [4.69, 9.17) is 4.74 Å². The molecule has 3 N–H and O–H groups in total. The van der Waals surface area contributed by atoms with Gasteiger partial charge in [-0.25, -0.2) is 0 Å². The van der Waals surface area contributed by atoms with Gasteiger partial charge in [0.1, 0.15) is 6.04 Å². The minimum atomic E-state index is -0.321. The normalized spacial score (nSPS) is 23.9. The highest BCUT2D eigenvalue weighted by Gasteiger charge is 2.30. The van der Waals surface area contributed by atoms with Crippen LogP contribution >= 0.6 is 12.4 Å². The third-order valence-corrected chi connectivity index (χ3v) is 4.58. The maximum absolute atomic E-state index is 12.4. The average Bonchev–Trinajstić information content (AvgIpc) is 3.40. The summed E-state index contributed by atoms with van der Waals surface area (Å²) in [6.45, 7) is 5.17. The first-order valence-corrected chi connectivity index (χ1v) is 8.61. The van der Waals surface area contributed by atoms with Crippen molar-refractivity contribution in [2.45, 2.75) is 44.9 Å². The maximum Gasteiger partial charge on any atom is 0.240 e. The molecule has 3 rings (SSSR count). The van der Waals surface area contributed by atoms with Crippen molar-refractivity contribution in [2.24, 2.45) is 5.92 Å². The molecule has 7 heteroatoms. The fraction of sp³-hybridized carbons (Fsp3) is 0.556. The molecule has 2 fully saturated rings. The van der Waals surface area contributed by atoms with Crippen molar-refractivity contribution in [2.75, 3.05) is 18.5 Å². The molecule has 6 nitrogen and oxygen atoms in total. The van der Waals surface area contributed by atoms with E-state index in [1.165, 1.54) is 0 Å². The van der Waals surface area contributed by atoms with Crippen molar-refractivity contribution >= 4 is 29.9 Å². The van der Waals surface area contributed by atoms with Crippen LogP contribution in [0.3, 0.4) is 0 Å². The average molecular weight is 368 g/mol. The van der Waals surface area contributed by atoms with Crippen LogP contribution in [0.5, 0.6) is 0 Å². The maximum atomic E-state index is 12.4. The predicted octanol–water partition coefficient (Wildman–Crippen LogP) is 2.01. The molecule has 1 aliphatic heterocycles. The lowest BCUT2D eigenvalue weighted by Crippen LogP contribution is -2.55. The number of amides is 2. The van der Waals surface area contributed by atoms with Gasteiger partial charge in [-0.15, -0.1) is 12.4 Å². The van der Waals surface area contributed by atoms with Crippen molar-refractivity contribution in [3.63, 3.8) is 0 Å². The van der Waals surface area contributed by atoms with E-state index >= 15 is 0 Å². The third kappa shape index (κ3) is 5.17. The van der Waals surface area contributed by atoms with Crippen LogP contribution in [0.2, 0.25) is 0 Å². The molecular formula is C18H26ClN3O3. The van der Waals surface area contributed by atoms with Gasteiger partial charge in [-0.05, 0) is 44.4 Å². The first-order valence-electron chi connectivity index (χ1n) is 8.61. The van der Waals surface area contributed by atoms with Crippen LogP contribution in [0.25, 0.3) is 0 Å². The van der Waals surface area contributed by atoms with Gasteiger partial charge in [0.15, 0.2) is 0 Å². The van der Waals surface area contributed by atoms with Crippen LogP contribution in [0, 0.1) is 5.92 Å².